The highest BCUT2D eigenvalue weighted by molar-refractivity contribution is 9.10. The second-order valence-corrected chi connectivity index (χ2v) is 9.33. The van der Waals surface area contributed by atoms with Gasteiger partial charge in [-0.2, -0.15) is 0 Å². The number of carbonyl (C=O) groups excluding carboxylic acids is 1. The van der Waals surface area contributed by atoms with E-state index in [2.05, 4.69) is 46.1 Å². The first-order chi connectivity index (χ1) is 16.0. The normalized spacial score (nSPS) is 19.3. The van der Waals surface area contributed by atoms with Crippen molar-refractivity contribution < 1.29 is 9.53 Å². The van der Waals surface area contributed by atoms with Gasteiger partial charge in [0, 0.05) is 23.3 Å². The van der Waals surface area contributed by atoms with Gasteiger partial charge in [-0.05, 0) is 36.6 Å². The summed E-state index contributed by atoms with van der Waals surface area (Å²) in [5, 5.41) is 2.14. The van der Waals surface area contributed by atoms with E-state index in [1.54, 1.807) is 11.1 Å². The lowest BCUT2D eigenvalue weighted by Crippen LogP contribution is -2.56. The quantitative estimate of drug-likeness (QED) is 0.485. The van der Waals surface area contributed by atoms with Gasteiger partial charge in [0.05, 0.1) is 6.04 Å². The minimum absolute atomic E-state index is 0.0159. The molecule has 2 aromatic carbocycles. The fraction of sp³-hybridized carbons (Fsp3) is 0.231. The lowest BCUT2D eigenvalue weighted by molar-refractivity contribution is 0.0689. The fourth-order valence-electron chi connectivity index (χ4n) is 4.40. The Labute approximate surface area is 200 Å². The molecule has 1 unspecified atom stereocenters. The summed E-state index contributed by atoms with van der Waals surface area (Å²) in [5.41, 5.74) is 3.26. The number of nitrogens with zero attached hydrogens (tertiary/aromatic N) is 3. The maximum absolute atomic E-state index is 13.5. The monoisotopic (exact) mass is 505 g/mol. The summed E-state index contributed by atoms with van der Waals surface area (Å²) < 4.78 is 8.79. The van der Waals surface area contributed by atoms with Crippen molar-refractivity contribution in [3.05, 3.63) is 110 Å². The van der Waals surface area contributed by atoms with Crippen LogP contribution in [0.5, 0.6) is 5.75 Å². The smallest absolute Gasteiger partial charge is 0.278 e. The van der Waals surface area contributed by atoms with Gasteiger partial charge in [-0.3, -0.25) is 19.3 Å². The van der Waals surface area contributed by atoms with Crippen LogP contribution in [0.25, 0.3) is 0 Å². The van der Waals surface area contributed by atoms with Crippen LogP contribution in [0.1, 0.15) is 41.0 Å². The van der Waals surface area contributed by atoms with E-state index in [4.69, 9.17) is 4.74 Å². The summed E-state index contributed by atoms with van der Waals surface area (Å²) in [6.45, 7) is 3.23. The van der Waals surface area contributed by atoms with Crippen molar-refractivity contribution in [1.29, 1.82) is 0 Å². The van der Waals surface area contributed by atoms with E-state index < -0.39 is 0 Å². The number of amides is 1. The van der Waals surface area contributed by atoms with E-state index >= 15 is 0 Å². The maximum Gasteiger partial charge on any atom is 0.278 e. The standard InChI is InChI=1S/C26H24BrN3O3/c1-18-10-12-28-17-30(22(14-18)20-8-5-9-21(27)15-20)29-13-11-23(31)25(24(29)26(28)32)33-16-19-6-3-2-4-7-19/h2-11,13,15,22H,12,14,16-17H2,1H3/b18-10-. The summed E-state index contributed by atoms with van der Waals surface area (Å²) in [6, 6.07) is 19.3. The molecule has 168 valence electrons. The van der Waals surface area contributed by atoms with Crippen LogP contribution in [0.15, 0.2) is 87.8 Å². The Morgan fingerprint density at radius 1 is 1.06 bits per heavy atom. The molecule has 0 radical (unpaired) electrons. The summed E-state index contributed by atoms with van der Waals surface area (Å²) in [6.07, 6.45) is 4.60. The molecule has 0 spiro atoms. The van der Waals surface area contributed by atoms with Gasteiger partial charge in [-0.25, -0.2) is 0 Å². The van der Waals surface area contributed by atoms with E-state index in [1.165, 1.54) is 11.6 Å². The van der Waals surface area contributed by atoms with E-state index in [-0.39, 0.29) is 35.4 Å². The molecular weight excluding hydrogens is 482 g/mol. The molecular formula is C26H24BrN3O3. The van der Waals surface area contributed by atoms with Crippen molar-refractivity contribution in [1.82, 2.24) is 9.58 Å². The van der Waals surface area contributed by atoms with Crippen molar-refractivity contribution >= 4 is 21.8 Å². The average molecular weight is 506 g/mol. The summed E-state index contributed by atoms with van der Waals surface area (Å²) in [7, 11) is 0. The summed E-state index contributed by atoms with van der Waals surface area (Å²) >= 11 is 3.59. The van der Waals surface area contributed by atoms with E-state index in [0.717, 1.165) is 22.0 Å². The van der Waals surface area contributed by atoms with Crippen LogP contribution in [0, 0.1) is 0 Å². The van der Waals surface area contributed by atoms with Gasteiger partial charge in [0.1, 0.15) is 13.3 Å². The van der Waals surface area contributed by atoms with Crippen LogP contribution in [0.2, 0.25) is 0 Å². The van der Waals surface area contributed by atoms with Crippen molar-refractivity contribution in [3.63, 3.8) is 0 Å². The van der Waals surface area contributed by atoms with Gasteiger partial charge in [-0.1, -0.05) is 70.0 Å². The molecule has 0 N–H and O–H groups in total. The molecule has 1 atom stereocenters. The predicted molar refractivity (Wildman–Crippen MR) is 131 cm³/mol. The fourth-order valence-corrected chi connectivity index (χ4v) is 4.81. The van der Waals surface area contributed by atoms with Gasteiger partial charge in [0.25, 0.3) is 5.91 Å². The Hall–Kier alpha value is -3.32. The Balaban J connectivity index is 1.61. The Morgan fingerprint density at radius 3 is 2.67 bits per heavy atom. The molecule has 6 nitrogen and oxygen atoms in total. The first kappa shape index (κ1) is 21.5. The lowest BCUT2D eigenvalue weighted by Gasteiger charge is -2.45. The van der Waals surface area contributed by atoms with Gasteiger partial charge < -0.3 is 9.64 Å². The largest absolute Gasteiger partial charge is 0.482 e. The first-order valence-corrected chi connectivity index (χ1v) is 11.7. The molecule has 5 rings (SSSR count). The number of benzene rings is 2. The van der Waals surface area contributed by atoms with Crippen molar-refractivity contribution in [3.8, 4) is 5.75 Å². The molecule has 0 saturated carbocycles. The molecule has 2 aliphatic rings. The summed E-state index contributed by atoms with van der Waals surface area (Å²) in [4.78, 5) is 28.1. The predicted octanol–water partition coefficient (Wildman–Crippen LogP) is 4.63. The molecule has 0 aliphatic carbocycles. The van der Waals surface area contributed by atoms with Crippen LogP contribution in [-0.2, 0) is 6.61 Å². The maximum atomic E-state index is 13.5. The second-order valence-electron chi connectivity index (χ2n) is 8.41. The third kappa shape index (κ3) is 4.20. The Kier molecular flexibility index (Phi) is 5.81. The van der Waals surface area contributed by atoms with Crippen LogP contribution in [0.4, 0.5) is 0 Å². The molecule has 3 aromatic rings. The molecule has 7 heteroatoms. The SMILES string of the molecule is C/C1=C/CN2CN(C(c3cccc(Br)c3)C1)n1ccc(=O)c(OCc3ccccc3)c1C2=O. The first-order valence-electron chi connectivity index (χ1n) is 10.9. The summed E-state index contributed by atoms with van der Waals surface area (Å²) in [5.74, 6) is -0.110. The zero-order valence-corrected chi connectivity index (χ0v) is 19.9. The number of hydrogen-bond donors (Lipinski definition) is 0. The van der Waals surface area contributed by atoms with Crippen LogP contribution in [-0.4, -0.2) is 28.7 Å². The second kappa shape index (κ2) is 8.90. The lowest BCUT2D eigenvalue weighted by atomic mass is 9.97. The van der Waals surface area contributed by atoms with Crippen molar-refractivity contribution in [2.75, 3.05) is 18.2 Å². The average Bonchev–Trinajstić information content (AvgIpc) is 2.81. The minimum atomic E-state index is -0.296. The Bertz CT molecular complexity index is 1290. The number of fused-ring (bicyclic) bond motifs is 4. The van der Waals surface area contributed by atoms with Gasteiger partial charge >= 0.3 is 0 Å². The molecule has 0 saturated heterocycles. The number of pyridine rings is 1. The third-order valence-electron chi connectivity index (χ3n) is 6.11. The molecule has 3 heterocycles. The molecule has 1 amide bonds. The Morgan fingerprint density at radius 2 is 1.88 bits per heavy atom. The van der Waals surface area contributed by atoms with Crippen LogP contribution in [0.3, 0.4) is 0 Å². The number of halogens is 1. The number of carbonyl (C=O) groups is 1. The molecule has 33 heavy (non-hydrogen) atoms. The zero-order valence-electron chi connectivity index (χ0n) is 18.3. The van der Waals surface area contributed by atoms with E-state index in [9.17, 15) is 9.59 Å². The number of ether oxygens (including phenoxy) is 1. The highest BCUT2D eigenvalue weighted by Crippen LogP contribution is 2.34. The van der Waals surface area contributed by atoms with E-state index in [1.807, 2.05) is 47.1 Å². The number of hydrogen-bond acceptors (Lipinski definition) is 4. The molecule has 2 aliphatic heterocycles. The highest BCUT2D eigenvalue weighted by atomic mass is 79.9. The van der Waals surface area contributed by atoms with Crippen LogP contribution < -0.4 is 15.2 Å². The van der Waals surface area contributed by atoms with E-state index in [0.29, 0.717) is 13.2 Å². The van der Waals surface area contributed by atoms with Crippen LogP contribution >= 0.6 is 15.9 Å². The number of aromatic nitrogens is 1. The van der Waals surface area contributed by atoms with Gasteiger partial charge in [0.15, 0.2) is 11.4 Å². The van der Waals surface area contributed by atoms with Crippen molar-refractivity contribution in [2.45, 2.75) is 26.0 Å². The van der Waals surface area contributed by atoms with Gasteiger partial charge in [-0.15, -0.1) is 0 Å². The number of rotatable bonds is 4. The molecule has 1 aromatic heterocycles. The molecule has 2 bridgehead atoms. The minimum Gasteiger partial charge on any atom is -0.482 e. The van der Waals surface area contributed by atoms with Crippen molar-refractivity contribution in [2.24, 2.45) is 0 Å². The zero-order chi connectivity index (χ0) is 22.9. The molecule has 0 fully saturated rings. The highest BCUT2D eigenvalue weighted by Gasteiger charge is 2.37. The van der Waals surface area contributed by atoms with Gasteiger partial charge in [0.2, 0.25) is 5.43 Å². The third-order valence-corrected chi connectivity index (χ3v) is 6.61. The topological polar surface area (TPSA) is 54.8 Å².